The summed E-state index contributed by atoms with van der Waals surface area (Å²) < 4.78 is 10.8. The second-order valence-corrected chi connectivity index (χ2v) is 4.08. The zero-order valence-corrected chi connectivity index (χ0v) is 9.06. The Labute approximate surface area is 94.8 Å². The van der Waals surface area contributed by atoms with E-state index in [0.29, 0.717) is 6.79 Å². The lowest BCUT2D eigenvalue weighted by Gasteiger charge is -2.23. The number of rotatable bonds is 1. The van der Waals surface area contributed by atoms with E-state index < -0.39 is 0 Å². The Bertz CT molecular complexity index is 487. The minimum atomic E-state index is 0.193. The highest BCUT2D eigenvalue weighted by atomic mass is 16.7. The van der Waals surface area contributed by atoms with E-state index in [2.05, 4.69) is 42.5 Å². The van der Waals surface area contributed by atoms with Crippen LogP contribution in [0.4, 0.5) is 0 Å². The minimum Gasteiger partial charge on any atom is -0.355 e. The maximum absolute atomic E-state index is 5.59. The van der Waals surface area contributed by atoms with E-state index in [-0.39, 0.29) is 6.10 Å². The molecule has 2 nitrogen and oxygen atoms in total. The van der Waals surface area contributed by atoms with Gasteiger partial charge in [0, 0.05) is 6.42 Å². The average Bonchev–Trinajstić information content (AvgIpc) is 2.39. The molecule has 0 aromatic heterocycles. The monoisotopic (exact) mass is 214 g/mol. The van der Waals surface area contributed by atoms with Crippen molar-refractivity contribution in [2.75, 3.05) is 13.4 Å². The van der Waals surface area contributed by atoms with Gasteiger partial charge in [-0.25, -0.2) is 0 Å². The van der Waals surface area contributed by atoms with Gasteiger partial charge in [-0.3, -0.25) is 0 Å². The second kappa shape index (κ2) is 4.24. The molecule has 0 saturated carbocycles. The molecule has 0 aliphatic carbocycles. The standard InChI is InChI=1S/C14H14O2/c1-2-4-12-9-13(6-5-11(12)3-1)14-7-8-15-10-16-14/h1-6,9,14H,7-8,10H2. The normalized spacial score (nSPS) is 21.1. The number of benzene rings is 2. The summed E-state index contributed by atoms with van der Waals surface area (Å²) in [4.78, 5) is 0. The molecule has 16 heavy (non-hydrogen) atoms. The molecule has 2 aromatic carbocycles. The van der Waals surface area contributed by atoms with E-state index in [4.69, 9.17) is 9.47 Å². The molecule has 1 atom stereocenters. The molecule has 0 spiro atoms. The largest absolute Gasteiger partial charge is 0.355 e. The van der Waals surface area contributed by atoms with E-state index in [1.807, 2.05) is 0 Å². The third-order valence-corrected chi connectivity index (χ3v) is 3.02. The summed E-state index contributed by atoms with van der Waals surface area (Å²) in [6.07, 6.45) is 1.14. The van der Waals surface area contributed by atoms with Gasteiger partial charge >= 0.3 is 0 Å². The smallest absolute Gasteiger partial charge is 0.147 e. The first-order valence-electron chi connectivity index (χ1n) is 5.61. The van der Waals surface area contributed by atoms with E-state index in [9.17, 15) is 0 Å². The quantitative estimate of drug-likeness (QED) is 0.725. The number of ether oxygens (including phenoxy) is 2. The average molecular weight is 214 g/mol. The van der Waals surface area contributed by atoms with Gasteiger partial charge in [-0.05, 0) is 22.4 Å². The summed E-state index contributed by atoms with van der Waals surface area (Å²) in [7, 11) is 0. The summed E-state index contributed by atoms with van der Waals surface area (Å²) in [5, 5.41) is 2.55. The summed E-state index contributed by atoms with van der Waals surface area (Å²) in [5.41, 5.74) is 1.25. The molecule has 3 rings (SSSR count). The van der Waals surface area contributed by atoms with E-state index in [0.717, 1.165) is 13.0 Å². The van der Waals surface area contributed by atoms with Crippen molar-refractivity contribution >= 4 is 10.8 Å². The number of hydrogen-bond acceptors (Lipinski definition) is 2. The van der Waals surface area contributed by atoms with Crippen molar-refractivity contribution in [3.05, 3.63) is 48.0 Å². The van der Waals surface area contributed by atoms with Gasteiger partial charge in [0.1, 0.15) is 6.79 Å². The lowest BCUT2D eigenvalue weighted by molar-refractivity contribution is -0.140. The Balaban J connectivity index is 1.97. The minimum absolute atomic E-state index is 0.193. The molecular weight excluding hydrogens is 200 g/mol. The van der Waals surface area contributed by atoms with Crippen LogP contribution in [0.15, 0.2) is 42.5 Å². The molecule has 0 amide bonds. The first-order valence-corrected chi connectivity index (χ1v) is 5.61. The van der Waals surface area contributed by atoms with Crippen molar-refractivity contribution < 1.29 is 9.47 Å². The highest BCUT2D eigenvalue weighted by Crippen LogP contribution is 2.27. The van der Waals surface area contributed by atoms with Gasteiger partial charge in [0.2, 0.25) is 0 Å². The Morgan fingerprint density at radius 1 is 1.00 bits per heavy atom. The predicted molar refractivity (Wildman–Crippen MR) is 63.2 cm³/mol. The Morgan fingerprint density at radius 3 is 2.69 bits per heavy atom. The molecule has 1 aliphatic rings. The maximum Gasteiger partial charge on any atom is 0.147 e. The van der Waals surface area contributed by atoms with Crippen LogP contribution in [-0.2, 0) is 9.47 Å². The van der Waals surface area contributed by atoms with Gasteiger partial charge < -0.3 is 9.47 Å². The molecule has 1 heterocycles. The molecule has 0 bridgehead atoms. The van der Waals surface area contributed by atoms with Gasteiger partial charge in [-0.15, -0.1) is 0 Å². The number of hydrogen-bond donors (Lipinski definition) is 0. The third kappa shape index (κ3) is 1.82. The molecule has 2 heteroatoms. The molecule has 1 unspecified atom stereocenters. The van der Waals surface area contributed by atoms with E-state index >= 15 is 0 Å². The van der Waals surface area contributed by atoms with Gasteiger partial charge in [-0.2, -0.15) is 0 Å². The topological polar surface area (TPSA) is 18.5 Å². The van der Waals surface area contributed by atoms with Crippen LogP contribution < -0.4 is 0 Å². The molecule has 2 aromatic rings. The fourth-order valence-corrected chi connectivity index (χ4v) is 2.13. The summed E-state index contributed by atoms with van der Waals surface area (Å²) in [5.74, 6) is 0. The summed E-state index contributed by atoms with van der Waals surface area (Å²) in [6.45, 7) is 1.20. The van der Waals surface area contributed by atoms with Gasteiger partial charge in [0.15, 0.2) is 0 Å². The lowest BCUT2D eigenvalue weighted by atomic mass is 10.0. The van der Waals surface area contributed by atoms with E-state index in [1.54, 1.807) is 0 Å². The fraction of sp³-hybridized carbons (Fsp3) is 0.286. The molecular formula is C14H14O2. The van der Waals surface area contributed by atoms with Crippen LogP contribution in [0.5, 0.6) is 0 Å². The first-order chi connectivity index (χ1) is 7.93. The number of fused-ring (bicyclic) bond motifs is 1. The van der Waals surface area contributed by atoms with Crippen molar-refractivity contribution in [2.24, 2.45) is 0 Å². The lowest BCUT2D eigenvalue weighted by Crippen LogP contribution is -2.16. The maximum atomic E-state index is 5.59. The van der Waals surface area contributed by atoms with Gasteiger partial charge in [-0.1, -0.05) is 36.4 Å². The zero-order chi connectivity index (χ0) is 10.8. The fourth-order valence-electron chi connectivity index (χ4n) is 2.13. The van der Waals surface area contributed by atoms with Crippen LogP contribution in [0.25, 0.3) is 10.8 Å². The molecule has 1 fully saturated rings. The van der Waals surface area contributed by atoms with Crippen LogP contribution in [0.2, 0.25) is 0 Å². The predicted octanol–water partition coefficient (Wildman–Crippen LogP) is 3.28. The zero-order valence-electron chi connectivity index (χ0n) is 9.06. The van der Waals surface area contributed by atoms with Crippen molar-refractivity contribution in [1.29, 1.82) is 0 Å². The Kier molecular flexibility index (Phi) is 2.60. The Morgan fingerprint density at radius 2 is 1.88 bits per heavy atom. The van der Waals surface area contributed by atoms with Crippen molar-refractivity contribution in [3.8, 4) is 0 Å². The van der Waals surface area contributed by atoms with Crippen LogP contribution in [-0.4, -0.2) is 13.4 Å². The SMILES string of the molecule is c1ccc2cc(C3CCOCO3)ccc2c1. The van der Waals surface area contributed by atoms with Gasteiger partial charge in [0.05, 0.1) is 12.7 Å². The van der Waals surface area contributed by atoms with Crippen LogP contribution in [0.3, 0.4) is 0 Å². The molecule has 1 saturated heterocycles. The molecule has 0 N–H and O–H groups in total. The third-order valence-electron chi connectivity index (χ3n) is 3.02. The summed E-state index contributed by atoms with van der Waals surface area (Å²) >= 11 is 0. The molecule has 82 valence electrons. The first kappa shape index (κ1) is 9.82. The van der Waals surface area contributed by atoms with Crippen molar-refractivity contribution in [1.82, 2.24) is 0 Å². The van der Waals surface area contributed by atoms with Crippen LogP contribution >= 0.6 is 0 Å². The van der Waals surface area contributed by atoms with E-state index in [1.165, 1.54) is 16.3 Å². The molecule has 0 radical (unpaired) electrons. The van der Waals surface area contributed by atoms with Crippen molar-refractivity contribution in [2.45, 2.75) is 12.5 Å². The second-order valence-electron chi connectivity index (χ2n) is 4.08. The van der Waals surface area contributed by atoms with Crippen molar-refractivity contribution in [3.63, 3.8) is 0 Å². The van der Waals surface area contributed by atoms with Gasteiger partial charge in [0.25, 0.3) is 0 Å². The highest BCUT2D eigenvalue weighted by Gasteiger charge is 2.16. The van der Waals surface area contributed by atoms with Crippen LogP contribution in [0, 0.1) is 0 Å². The summed E-state index contributed by atoms with van der Waals surface area (Å²) in [6, 6.07) is 14.9. The Hall–Kier alpha value is -1.38. The van der Waals surface area contributed by atoms with Crippen LogP contribution in [0.1, 0.15) is 18.1 Å². The highest BCUT2D eigenvalue weighted by molar-refractivity contribution is 5.83. The molecule has 1 aliphatic heterocycles.